The van der Waals surface area contributed by atoms with E-state index in [1.54, 1.807) is 13.8 Å². The van der Waals surface area contributed by atoms with E-state index in [0.29, 0.717) is 13.0 Å². The zero-order valence-electron chi connectivity index (χ0n) is 19.0. The standard InChI is InChI=1S/C24H29F2NO6/c1-12(28)32-11-20(31)24-13(10-27-33-24)6-15-16-8-18(25)17-7-14(29)4-5-21(17,2)23(16,26)19(30)9-22(15,24)3/h4-5,13,15-16,19,27,30H,6-11H2,1-3H3/t13-,15-,16-,19-,21-,22-,23-,24-/m0/s1. The maximum Gasteiger partial charge on any atom is 0.303 e. The van der Waals surface area contributed by atoms with Crippen LogP contribution in [0, 0.1) is 28.6 Å². The van der Waals surface area contributed by atoms with Gasteiger partial charge >= 0.3 is 5.97 Å². The first-order chi connectivity index (χ1) is 15.4. The van der Waals surface area contributed by atoms with Crippen molar-refractivity contribution in [2.45, 2.75) is 63.8 Å². The fourth-order valence-corrected chi connectivity index (χ4v) is 7.89. The molecular weight excluding hydrogens is 436 g/mol. The summed E-state index contributed by atoms with van der Waals surface area (Å²) < 4.78 is 37.6. The lowest BCUT2D eigenvalue weighted by Gasteiger charge is -2.62. The van der Waals surface area contributed by atoms with E-state index >= 15 is 8.78 Å². The molecule has 4 aliphatic carbocycles. The first kappa shape index (κ1) is 22.8. The predicted octanol–water partition coefficient (Wildman–Crippen LogP) is 2.29. The number of carbonyl (C=O) groups is 3. The number of rotatable bonds is 3. The van der Waals surface area contributed by atoms with E-state index in [1.165, 1.54) is 19.1 Å². The largest absolute Gasteiger partial charge is 0.458 e. The molecule has 0 unspecified atom stereocenters. The van der Waals surface area contributed by atoms with E-state index < -0.39 is 64.2 Å². The van der Waals surface area contributed by atoms with E-state index in [4.69, 9.17) is 9.57 Å². The number of ketones is 2. The molecule has 3 fully saturated rings. The molecule has 180 valence electrons. The molecule has 0 aromatic heterocycles. The molecule has 8 atom stereocenters. The van der Waals surface area contributed by atoms with Gasteiger partial charge in [0.1, 0.15) is 5.83 Å². The Morgan fingerprint density at radius 1 is 1.33 bits per heavy atom. The van der Waals surface area contributed by atoms with Crippen molar-refractivity contribution in [2.24, 2.45) is 28.6 Å². The van der Waals surface area contributed by atoms with Gasteiger partial charge in [0.05, 0.1) is 6.10 Å². The first-order valence-electron chi connectivity index (χ1n) is 11.5. The van der Waals surface area contributed by atoms with Crippen LogP contribution in [-0.4, -0.2) is 53.2 Å². The quantitative estimate of drug-likeness (QED) is 0.617. The van der Waals surface area contributed by atoms with Crippen molar-refractivity contribution < 1.29 is 37.8 Å². The van der Waals surface area contributed by atoms with Crippen LogP contribution in [0.1, 0.15) is 46.5 Å². The van der Waals surface area contributed by atoms with Crippen molar-refractivity contribution in [1.29, 1.82) is 0 Å². The van der Waals surface area contributed by atoms with E-state index in [0.717, 1.165) is 0 Å². The number of carbonyl (C=O) groups excluding carboxylic acids is 3. The molecule has 5 aliphatic rings. The maximum atomic E-state index is 17.2. The smallest absolute Gasteiger partial charge is 0.303 e. The summed E-state index contributed by atoms with van der Waals surface area (Å²) in [5.41, 5.74) is -3.21. The molecule has 0 aromatic rings. The van der Waals surface area contributed by atoms with Gasteiger partial charge in [-0.25, -0.2) is 14.3 Å². The highest BCUT2D eigenvalue weighted by atomic mass is 19.1. The zero-order valence-corrected chi connectivity index (χ0v) is 19.0. The van der Waals surface area contributed by atoms with Gasteiger partial charge in [0, 0.05) is 49.0 Å². The zero-order chi connectivity index (χ0) is 24.0. The molecule has 1 aliphatic heterocycles. The summed E-state index contributed by atoms with van der Waals surface area (Å²) >= 11 is 0. The molecule has 0 bridgehead atoms. The third-order valence-corrected chi connectivity index (χ3v) is 9.39. The molecule has 0 spiro atoms. The van der Waals surface area contributed by atoms with Gasteiger partial charge in [-0.2, -0.15) is 0 Å². The van der Waals surface area contributed by atoms with Crippen LogP contribution in [-0.2, 0) is 24.0 Å². The minimum absolute atomic E-state index is 0.0824. The van der Waals surface area contributed by atoms with Crippen molar-refractivity contribution in [1.82, 2.24) is 5.48 Å². The van der Waals surface area contributed by atoms with Crippen molar-refractivity contribution in [2.75, 3.05) is 13.2 Å². The Morgan fingerprint density at radius 2 is 2.06 bits per heavy atom. The van der Waals surface area contributed by atoms with Gasteiger partial charge in [0.2, 0.25) is 5.78 Å². The molecule has 1 heterocycles. The van der Waals surface area contributed by atoms with Crippen molar-refractivity contribution in [3.8, 4) is 0 Å². The third-order valence-electron chi connectivity index (χ3n) is 9.39. The predicted molar refractivity (Wildman–Crippen MR) is 111 cm³/mol. The normalized spacial score (nSPS) is 48.1. The average Bonchev–Trinajstić information content (AvgIpc) is 3.27. The lowest BCUT2D eigenvalue weighted by molar-refractivity contribution is -0.227. The molecule has 7 nitrogen and oxygen atoms in total. The van der Waals surface area contributed by atoms with Crippen molar-refractivity contribution in [3.63, 3.8) is 0 Å². The third kappa shape index (κ3) is 2.61. The lowest BCUT2D eigenvalue weighted by Crippen LogP contribution is -2.69. The number of alkyl halides is 1. The van der Waals surface area contributed by atoms with Gasteiger partial charge in [-0.05, 0) is 37.3 Å². The fourth-order valence-electron chi connectivity index (χ4n) is 7.89. The summed E-state index contributed by atoms with van der Waals surface area (Å²) in [7, 11) is 0. The van der Waals surface area contributed by atoms with Crippen LogP contribution in [0.25, 0.3) is 0 Å². The van der Waals surface area contributed by atoms with E-state index in [9.17, 15) is 19.5 Å². The SMILES string of the molecule is CC(=O)OCC(=O)[C@@]12ONC[C@@H]1C[C@H]1[C@@H]3CC(F)=C4CC(=O)C=C[C@]4(C)[C@@]3(F)[C@@H](O)C[C@@]12C. The number of Topliss-reactive ketones (excluding diaryl/α,β-unsaturated/α-hetero) is 1. The van der Waals surface area contributed by atoms with Crippen LogP contribution in [0.5, 0.6) is 0 Å². The Kier molecular flexibility index (Phi) is 4.85. The number of allylic oxidation sites excluding steroid dienone is 4. The molecule has 5 rings (SSSR count). The van der Waals surface area contributed by atoms with Crippen LogP contribution in [0.4, 0.5) is 8.78 Å². The number of hydrogen-bond acceptors (Lipinski definition) is 7. The second-order valence-electron chi connectivity index (χ2n) is 10.7. The van der Waals surface area contributed by atoms with Gasteiger partial charge in [-0.15, -0.1) is 0 Å². The van der Waals surface area contributed by atoms with E-state index in [1.807, 2.05) is 0 Å². The number of fused-ring (bicyclic) bond motifs is 7. The summed E-state index contributed by atoms with van der Waals surface area (Å²) in [6.45, 7) is 4.40. The van der Waals surface area contributed by atoms with Gasteiger partial charge in [-0.3, -0.25) is 19.2 Å². The Morgan fingerprint density at radius 3 is 2.76 bits per heavy atom. The molecule has 0 amide bonds. The number of esters is 1. The Labute approximate surface area is 190 Å². The van der Waals surface area contributed by atoms with E-state index in [-0.39, 0.29) is 36.5 Å². The van der Waals surface area contributed by atoms with Crippen molar-refractivity contribution >= 4 is 17.5 Å². The summed E-state index contributed by atoms with van der Waals surface area (Å²) in [5, 5.41) is 11.4. The molecule has 9 heteroatoms. The monoisotopic (exact) mass is 465 g/mol. The van der Waals surface area contributed by atoms with Crippen LogP contribution < -0.4 is 5.48 Å². The maximum absolute atomic E-state index is 17.2. The average molecular weight is 465 g/mol. The van der Waals surface area contributed by atoms with Gasteiger partial charge in [0.25, 0.3) is 0 Å². The number of hydrogen-bond donors (Lipinski definition) is 2. The highest BCUT2D eigenvalue weighted by Gasteiger charge is 2.78. The molecule has 33 heavy (non-hydrogen) atoms. The first-order valence-corrected chi connectivity index (χ1v) is 11.5. The number of hydroxylamine groups is 1. The van der Waals surface area contributed by atoms with Gasteiger partial charge < -0.3 is 9.84 Å². The van der Waals surface area contributed by atoms with Crippen LogP contribution in [0.2, 0.25) is 0 Å². The van der Waals surface area contributed by atoms with Crippen LogP contribution in [0.3, 0.4) is 0 Å². The Bertz CT molecular complexity index is 1010. The summed E-state index contributed by atoms with van der Waals surface area (Å²) in [4.78, 5) is 42.6. The summed E-state index contributed by atoms with van der Waals surface area (Å²) in [5.74, 6) is -3.57. The highest BCUT2D eigenvalue weighted by Crippen LogP contribution is 2.72. The van der Waals surface area contributed by atoms with Crippen molar-refractivity contribution in [3.05, 3.63) is 23.6 Å². The highest BCUT2D eigenvalue weighted by molar-refractivity contribution is 5.94. The number of nitrogens with one attached hydrogen (secondary N) is 1. The van der Waals surface area contributed by atoms with Crippen LogP contribution >= 0.6 is 0 Å². The Hall–Kier alpha value is -1.97. The van der Waals surface area contributed by atoms with Gasteiger partial charge in [0.15, 0.2) is 23.7 Å². The van der Waals surface area contributed by atoms with Gasteiger partial charge in [-0.1, -0.05) is 13.0 Å². The fraction of sp³-hybridized carbons (Fsp3) is 0.708. The number of halogens is 2. The minimum Gasteiger partial charge on any atom is -0.458 e. The Balaban J connectivity index is 1.61. The molecule has 2 saturated carbocycles. The van der Waals surface area contributed by atoms with E-state index in [2.05, 4.69) is 5.48 Å². The number of aliphatic hydroxyl groups excluding tert-OH is 1. The number of aliphatic hydroxyl groups is 1. The molecule has 0 aromatic carbocycles. The number of ether oxygens (including phenoxy) is 1. The summed E-state index contributed by atoms with van der Waals surface area (Å²) in [6, 6.07) is 0. The second-order valence-corrected chi connectivity index (χ2v) is 10.7. The molecule has 1 saturated heterocycles. The summed E-state index contributed by atoms with van der Waals surface area (Å²) in [6.07, 6.45) is 1.04. The molecule has 0 radical (unpaired) electrons. The molecular formula is C24H29F2NO6. The topological polar surface area (TPSA) is 102 Å². The minimum atomic E-state index is -2.20. The lowest BCUT2D eigenvalue weighted by atomic mass is 9.45. The van der Waals surface area contributed by atoms with Crippen LogP contribution in [0.15, 0.2) is 23.6 Å². The second kappa shape index (κ2) is 7.02. The molecule has 2 N–H and O–H groups in total.